The van der Waals surface area contributed by atoms with Crippen molar-refractivity contribution in [2.75, 3.05) is 17.7 Å². The van der Waals surface area contributed by atoms with E-state index >= 15 is 0 Å². The van der Waals surface area contributed by atoms with E-state index in [0.29, 0.717) is 17.4 Å². The highest BCUT2D eigenvalue weighted by Crippen LogP contribution is 2.32. The van der Waals surface area contributed by atoms with Crippen LogP contribution in [0.3, 0.4) is 0 Å². The van der Waals surface area contributed by atoms with Gasteiger partial charge in [0.05, 0.1) is 5.56 Å². The van der Waals surface area contributed by atoms with Crippen molar-refractivity contribution in [1.29, 1.82) is 0 Å². The SMILES string of the molecule is CNc1nnc2c(NCc3ccccc3C(F)(F)F)nccn12. The van der Waals surface area contributed by atoms with Crippen LogP contribution in [-0.2, 0) is 12.7 Å². The monoisotopic (exact) mass is 322 g/mol. The molecule has 0 spiro atoms. The Balaban J connectivity index is 1.89. The summed E-state index contributed by atoms with van der Waals surface area (Å²) >= 11 is 0. The first-order chi connectivity index (χ1) is 11.0. The Labute approximate surface area is 129 Å². The van der Waals surface area contributed by atoms with Crippen molar-refractivity contribution >= 4 is 17.4 Å². The van der Waals surface area contributed by atoms with Crippen LogP contribution >= 0.6 is 0 Å². The minimum absolute atomic E-state index is 0.0237. The fourth-order valence-electron chi connectivity index (χ4n) is 2.25. The number of alkyl halides is 3. The van der Waals surface area contributed by atoms with Crippen LogP contribution in [-0.4, -0.2) is 26.6 Å². The third kappa shape index (κ3) is 2.89. The van der Waals surface area contributed by atoms with E-state index in [-0.39, 0.29) is 12.1 Å². The molecule has 0 aliphatic carbocycles. The number of nitrogens with one attached hydrogen (secondary N) is 2. The number of aromatic nitrogens is 4. The molecule has 0 aliphatic heterocycles. The minimum Gasteiger partial charge on any atom is -0.363 e. The fraction of sp³-hybridized carbons (Fsp3) is 0.214. The Morgan fingerprint density at radius 1 is 1.17 bits per heavy atom. The maximum Gasteiger partial charge on any atom is 0.416 e. The summed E-state index contributed by atoms with van der Waals surface area (Å²) < 4.78 is 40.7. The molecule has 2 aromatic heterocycles. The van der Waals surface area contributed by atoms with Crippen molar-refractivity contribution in [2.24, 2.45) is 0 Å². The lowest BCUT2D eigenvalue weighted by atomic mass is 10.1. The predicted octanol–water partition coefficient (Wildman–Crippen LogP) is 2.80. The summed E-state index contributed by atoms with van der Waals surface area (Å²) in [4.78, 5) is 4.12. The van der Waals surface area contributed by atoms with Crippen LogP contribution in [0.1, 0.15) is 11.1 Å². The van der Waals surface area contributed by atoms with Gasteiger partial charge in [0.25, 0.3) is 0 Å². The summed E-state index contributed by atoms with van der Waals surface area (Å²) in [5.74, 6) is 0.875. The maximum atomic E-state index is 13.0. The number of fused-ring (bicyclic) bond motifs is 1. The second kappa shape index (κ2) is 5.75. The summed E-state index contributed by atoms with van der Waals surface area (Å²) in [6.07, 6.45) is -1.21. The van der Waals surface area contributed by atoms with Gasteiger partial charge in [-0.2, -0.15) is 13.2 Å². The Hall–Kier alpha value is -2.84. The van der Waals surface area contributed by atoms with Crippen molar-refractivity contribution < 1.29 is 13.2 Å². The van der Waals surface area contributed by atoms with Gasteiger partial charge in [0.1, 0.15) is 0 Å². The van der Waals surface area contributed by atoms with Crippen molar-refractivity contribution in [1.82, 2.24) is 19.6 Å². The standard InChI is InChI=1S/C14H13F3N6/c1-18-13-22-21-12-11(19-6-7-23(12)13)20-8-9-4-2-3-5-10(9)14(15,16)17/h2-7H,8H2,1H3,(H,18,22)(H,19,20). The molecule has 9 heteroatoms. The van der Waals surface area contributed by atoms with E-state index in [4.69, 9.17) is 0 Å². The van der Waals surface area contributed by atoms with Gasteiger partial charge in [-0.1, -0.05) is 18.2 Å². The molecule has 0 saturated carbocycles. The van der Waals surface area contributed by atoms with Gasteiger partial charge in [0, 0.05) is 26.0 Å². The lowest BCUT2D eigenvalue weighted by Gasteiger charge is -2.13. The van der Waals surface area contributed by atoms with Crippen molar-refractivity contribution in [2.45, 2.75) is 12.7 Å². The van der Waals surface area contributed by atoms with Crippen LogP contribution in [0.2, 0.25) is 0 Å². The third-order valence-corrected chi connectivity index (χ3v) is 3.32. The number of hydrogen-bond acceptors (Lipinski definition) is 5. The zero-order valence-corrected chi connectivity index (χ0v) is 12.1. The Morgan fingerprint density at radius 2 is 1.96 bits per heavy atom. The minimum atomic E-state index is -4.40. The molecule has 120 valence electrons. The molecule has 1 aromatic carbocycles. The smallest absolute Gasteiger partial charge is 0.363 e. The van der Waals surface area contributed by atoms with Crippen molar-refractivity contribution in [3.8, 4) is 0 Å². The molecule has 0 unspecified atom stereocenters. The van der Waals surface area contributed by atoms with Gasteiger partial charge in [0.2, 0.25) is 11.6 Å². The number of benzene rings is 1. The Bertz CT molecular complexity index is 827. The van der Waals surface area contributed by atoms with E-state index in [1.165, 1.54) is 18.3 Å². The molecule has 2 heterocycles. The summed E-state index contributed by atoms with van der Waals surface area (Å²) in [5.41, 5.74) is -0.102. The topological polar surface area (TPSA) is 67.1 Å². The molecule has 3 aromatic rings. The molecular formula is C14H13F3N6. The molecule has 0 bridgehead atoms. The number of rotatable bonds is 4. The highest BCUT2D eigenvalue weighted by atomic mass is 19.4. The third-order valence-electron chi connectivity index (χ3n) is 3.32. The summed E-state index contributed by atoms with van der Waals surface area (Å²) in [6, 6.07) is 5.42. The predicted molar refractivity (Wildman–Crippen MR) is 79.1 cm³/mol. The molecule has 2 N–H and O–H groups in total. The quantitative estimate of drug-likeness (QED) is 0.773. The Kier molecular flexibility index (Phi) is 3.77. The highest BCUT2D eigenvalue weighted by Gasteiger charge is 2.32. The van der Waals surface area contributed by atoms with Crippen LogP contribution in [0.4, 0.5) is 24.9 Å². The van der Waals surface area contributed by atoms with Crippen LogP contribution in [0, 0.1) is 0 Å². The van der Waals surface area contributed by atoms with Gasteiger partial charge in [-0.3, -0.25) is 4.40 Å². The average molecular weight is 322 g/mol. The molecule has 0 radical (unpaired) electrons. The molecular weight excluding hydrogens is 309 g/mol. The largest absolute Gasteiger partial charge is 0.416 e. The second-order valence-electron chi connectivity index (χ2n) is 4.75. The number of halogens is 3. The van der Waals surface area contributed by atoms with Crippen LogP contribution in [0.15, 0.2) is 36.7 Å². The van der Waals surface area contributed by atoms with Crippen LogP contribution in [0.5, 0.6) is 0 Å². The molecule has 6 nitrogen and oxygen atoms in total. The number of nitrogens with zero attached hydrogens (tertiary/aromatic N) is 4. The lowest BCUT2D eigenvalue weighted by molar-refractivity contribution is -0.138. The van der Waals surface area contributed by atoms with Crippen molar-refractivity contribution in [3.05, 3.63) is 47.8 Å². The molecule has 3 rings (SSSR count). The van der Waals surface area contributed by atoms with Gasteiger partial charge < -0.3 is 10.6 Å². The summed E-state index contributed by atoms with van der Waals surface area (Å²) in [7, 11) is 1.70. The van der Waals surface area contributed by atoms with E-state index in [9.17, 15) is 13.2 Å². The summed E-state index contributed by atoms with van der Waals surface area (Å²) in [5, 5.41) is 13.7. The molecule has 0 fully saturated rings. The molecule has 23 heavy (non-hydrogen) atoms. The lowest BCUT2D eigenvalue weighted by Crippen LogP contribution is -2.12. The van der Waals surface area contributed by atoms with Gasteiger partial charge in [0.15, 0.2) is 5.82 Å². The molecule has 0 amide bonds. The summed E-state index contributed by atoms with van der Waals surface area (Å²) in [6.45, 7) is -0.0237. The first kappa shape index (κ1) is 15.1. The molecule has 0 atom stereocenters. The van der Waals surface area contributed by atoms with E-state index < -0.39 is 11.7 Å². The molecule has 0 saturated heterocycles. The second-order valence-corrected chi connectivity index (χ2v) is 4.75. The van der Waals surface area contributed by atoms with Crippen LogP contribution < -0.4 is 10.6 Å². The molecule has 0 aliphatic rings. The van der Waals surface area contributed by atoms with Crippen molar-refractivity contribution in [3.63, 3.8) is 0 Å². The van der Waals surface area contributed by atoms with E-state index in [1.54, 1.807) is 23.7 Å². The first-order valence-electron chi connectivity index (χ1n) is 6.77. The van der Waals surface area contributed by atoms with Gasteiger partial charge in [-0.15, -0.1) is 10.2 Å². The number of hydrogen-bond donors (Lipinski definition) is 2. The average Bonchev–Trinajstić information content (AvgIpc) is 2.96. The first-order valence-corrected chi connectivity index (χ1v) is 6.77. The Morgan fingerprint density at radius 3 is 2.70 bits per heavy atom. The van der Waals surface area contributed by atoms with Gasteiger partial charge in [-0.05, 0) is 11.6 Å². The normalized spacial score (nSPS) is 11.7. The number of anilines is 2. The zero-order chi connectivity index (χ0) is 16.4. The fourth-order valence-corrected chi connectivity index (χ4v) is 2.25. The highest BCUT2D eigenvalue weighted by molar-refractivity contribution is 5.64. The maximum absolute atomic E-state index is 13.0. The van der Waals surface area contributed by atoms with E-state index in [0.717, 1.165) is 6.07 Å². The van der Waals surface area contributed by atoms with Gasteiger partial charge >= 0.3 is 6.18 Å². The van der Waals surface area contributed by atoms with E-state index in [2.05, 4.69) is 25.8 Å². The zero-order valence-electron chi connectivity index (χ0n) is 12.1. The van der Waals surface area contributed by atoms with Gasteiger partial charge in [-0.25, -0.2) is 4.98 Å². The van der Waals surface area contributed by atoms with E-state index in [1.807, 2.05) is 0 Å². The van der Waals surface area contributed by atoms with Crippen LogP contribution in [0.25, 0.3) is 5.65 Å².